The van der Waals surface area contributed by atoms with Crippen molar-refractivity contribution in [1.82, 2.24) is 0 Å². The topological polar surface area (TPSA) is 97.6 Å². The molecule has 6 rings (SSSR count). The summed E-state index contributed by atoms with van der Waals surface area (Å²) in [5, 5.41) is 22.8. The second-order valence-electron chi connectivity index (χ2n) is 12.5. The Morgan fingerprint density at radius 2 is 1.76 bits per heavy atom. The smallest absolute Gasteiger partial charge is 0.334 e. The summed E-state index contributed by atoms with van der Waals surface area (Å²) >= 11 is 0. The molecule has 6 aliphatic rings. The Labute approximate surface area is 226 Å². The third kappa shape index (κ3) is 4.53. The molecule has 0 aromatic heterocycles. The van der Waals surface area contributed by atoms with E-state index in [9.17, 15) is 15.0 Å². The molecule has 5 heterocycles. The van der Waals surface area contributed by atoms with Gasteiger partial charge in [-0.3, -0.25) is 4.99 Å². The molecule has 0 radical (unpaired) electrons. The van der Waals surface area contributed by atoms with Gasteiger partial charge < -0.3 is 24.4 Å². The van der Waals surface area contributed by atoms with Gasteiger partial charge in [0.1, 0.15) is 6.10 Å². The second-order valence-corrected chi connectivity index (χ2v) is 12.5. The zero-order valence-corrected chi connectivity index (χ0v) is 22.9. The van der Waals surface area contributed by atoms with Crippen LogP contribution >= 0.6 is 0 Å². The lowest BCUT2D eigenvalue weighted by Gasteiger charge is -2.50. The van der Waals surface area contributed by atoms with Crippen LogP contribution in [0.15, 0.2) is 39.9 Å². The van der Waals surface area contributed by atoms with E-state index in [0.717, 1.165) is 63.5 Å². The molecular formula is C31H43NO6. The van der Waals surface area contributed by atoms with E-state index in [1.54, 1.807) is 0 Å². The first kappa shape index (κ1) is 26.4. The van der Waals surface area contributed by atoms with Crippen LogP contribution in [0.3, 0.4) is 0 Å². The minimum absolute atomic E-state index is 0.0143. The number of aliphatic hydroxyl groups is 2. The third-order valence-electron chi connectivity index (χ3n) is 10.5. The monoisotopic (exact) mass is 525 g/mol. The Morgan fingerprint density at radius 1 is 1.00 bits per heavy atom. The highest BCUT2D eigenvalue weighted by Crippen LogP contribution is 2.54. The molecule has 1 spiro atoms. The van der Waals surface area contributed by atoms with E-state index in [-0.39, 0.29) is 47.8 Å². The number of hydrogen-bond acceptors (Lipinski definition) is 7. The van der Waals surface area contributed by atoms with Crippen LogP contribution in [0.4, 0.5) is 0 Å². The fourth-order valence-electron chi connectivity index (χ4n) is 8.25. The number of carbonyl (C=O) groups is 1. The van der Waals surface area contributed by atoms with Gasteiger partial charge in [0.25, 0.3) is 0 Å². The first-order chi connectivity index (χ1) is 18.3. The zero-order valence-electron chi connectivity index (χ0n) is 22.9. The van der Waals surface area contributed by atoms with Crippen LogP contribution in [0.25, 0.3) is 0 Å². The van der Waals surface area contributed by atoms with Gasteiger partial charge >= 0.3 is 5.97 Å². The van der Waals surface area contributed by atoms with E-state index in [1.165, 1.54) is 16.9 Å². The maximum atomic E-state index is 12.2. The molecule has 4 bridgehead atoms. The van der Waals surface area contributed by atoms with E-state index in [2.05, 4.69) is 13.5 Å². The normalized spacial score (nSPS) is 44.0. The number of fused-ring (bicyclic) bond motifs is 5. The highest BCUT2D eigenvalue weighted by atomic mass is 16.6. The molecule has 2 N–H and O–H groups in total. The van der Waals surface area contributed by atoms with Crippen molar-refractivity contribution in [2.45, 2.75) is 127 Å². The van der Waals surface area contributed by atoms with Crippen molar-refractivity contribution in [2.24, 2.45) is 16.3 Å². The summed E-state index contributed by atoms with van der Waals surface area (Å²) in [5.41, 5.74) is 4.83. The first-order valence-electron chi connectivity index (χ1n) is 14.8. The molecule has 9 unspecified atom stereocenters. The minimum Gasteiger partial charge on any atom is -0.450 e. The summed E-state index contributed by atoms with van der Waals surface area (Å²) < 4.78 is 18.5. The number of cyclic esters (lactones) is 1. The number of aliphatic imine (C=N–C) groups is 1. The van der Waals surface area contributed by atoms with E-state index in [4.69, 9.17) is 19.2 Å². The van der Waals surface area contributed by atoms with E-state index >= 15 is 0 Å². The van der Waals surface area contributed by atoms with Crippen molar-refractivity contribution >= 4 is 11.7 Å². The third-order valence-corrected chi connectivity index (χ3v) is 10.5. The molecular weight excluding hydrogens is 482 g/mol. The van der Waals surface area contributed by atoms with Gasteiger partial charge in [0.15, 0.2) is 0 Å². The Balaban J connectivity index is 1.37. The minimum atomic E-state index is -0.631. The predicted octanol–water partition coefficient (Wildman–Crippen LogP) is 4.36. The van der Waals surface area contributed by atoms with Crippen molar-refractivity contribution in [3.63, 3.8) is 0 Å². The average Bonchev–Trinajstić information content (AvgIpc) is 3.65. The molecule has 9 atom stereocenters. The average molecular weight is 526 g/mol. The number of esters is 1. The Hall–Kier alpha value is -1.80. The number of allylic oxidation sites excluding steroid dienone is 1. The number of carbonyl (C=O) groups excluding carboxylic acids is 1. The van der Waals surface area contributed by atoms with Crippen molar-refractivity contribution in [3.05, 3.63) is 34.9 Å². The van der Waals surface area contributed by atoms with Gasteiger partial charge in [-0.25, -0.2) is 4.79 Å². The van der Waals surface area contributed by atoms with Crippen LogP contribution in [0, 0.1) is 11.3 Å². The molecule has 0 aromatic rings. The highest BCUT2D eigenvalue weighted by molar-refractivity contribution is 5.92. The number of aliphatic hydroxyl groups excluding tert-OH is 2. The second kappa shape index (κ2) is 10.3. The summed E-state index contributed by atoms with van der Waals surface area (Å²) in [4.78, 5) is 17.3. The van der Waals surface area contributed by atoms with Crippen LogP contribution in [0.2, 0.25) is 0 Å². The Morgan fingerprint density at radius 3 is 2.55 bits per heavy atom. The van der Waals surface area contributed by atoms with Crippen LogP contribution in [0.1, 0.15) is 84.5 Å². The van der Waals surface area contributed by atoms with Gasteiger partial charge in [-0.2, -0.15) is 0 Å². The standard InChI is InChI=1S/C31H43NO6/c1-17-15-28(38-30(17)35)20-11-13-31-12-4-14-32-29(31)10-5-22(33)19(3)24-6-8-26(36-24)27-9-7-25(37-27)23(34)16-21(31)18(20)2/h15,21-28,33-34H,3-14,16H2,1-2H3. The van der Waals surface area contributed by atoms with Crippen molar-refractivity contribution < 1.29 is 29.2 Å². The largest absolute Gasteiger partial charge is 0.450 e. The Bertz CT molecular complexity index is 1080. The summed E-state index contributed by atoms with van der Waals surface area (Å²) in [6.45, 7) is 9.04. The van der Waals surface area contributed by atoms with Crippen molar-refractivity contribution in [3.8, 4) is 0 Å². The molecule has 3 saturated heterocycles. The van der Waals surface area contributed by atoms with Crippen LogP contribution in [-0.2, 0) is 19.0 Å². The molecule has 7 nitrogen and oxygen atoms in total. The molecule has 7 heteroatoms. The lowest BCUT2D eigenvalue weighted by atomic mass is 9.56. The molecule has 5 aliphatic heterocycles. The molecule has 0 saturated carbocycles. The van der Waals surface area contributed by atoms with Crippen molar-refractivity contribution in [2.75, 3.05) is 6.54 Å². The summed E-state index contributed by atoms with van der Waals surface area (Å²) in [6, 6.07) is 0. The summed E-state index contributed by atoms with van der Waals surface area (Å²) in [6.07, 6.45) is 9.12. The van der Waals surface area contributed by atoms with Crippen LogP contribution in [-0.4, -0.2) is 71.2 Å². The maximum absolute atomic E-state index is 12.2. The fraction of sp³-hybridized carbons (Fsp3) is 0.742. The number of hydrogen-bond donors (Lipinski definition) is 2. The van der Waals surface area contributed by atoms with E-state index in [1.807, 2.05) is 13.0 Å². The highest BCUT2D eigenvalue weighted by Gasteiger charge is 2.50. The van der Waals surface area contributed by atoms with Crippen LogP contribution in [0.5, 0.6) is 0 Å². The van der Waals surface area contributed by atoms with Gasteiger partial charge in [-0.15, -0.1) is 0 Å². The zero-order chi connectivity index (χ0) is 26.6. The number of nitrogens with zero attached hydrogens (tertiary/aromatic N) is 1. The first-order valence-corrected chi connectivity index (χ1v) is 14.8. The molecule has 208 valence electrons. The lowest BCUT2D eigenvalue weighted by molar-refractivity contribution is -0.138. The van der Waals surface area contributed by atoms with E-state index in [0.29, 0.717) is 24.8 Å². The predicted molar refractivity (Wildman–Crippen MR) is 144 cm³/mol. The van der Waals surface area contributed by atoms with Gasteiger partial charge in [-0.1, -0.05) is 12.2 Å². The fourth-order valence-corrected chi connectivity index (χ4v) is 8.25. The number of ether oxygens (including phenoxy) is 3. The molecule has 3 fully saturated rings. The molecule has 0 aromatic carbocycles. The molecule has 38 heavy (non-hydrogen) atoms. The Kier molecular flexibility index (Phi) is 7.17. The number of rotatable bonds is 1. The van der Waals surface area contributed by atoms with E-state index < -0.39 is 12.2 Å². The maximum Gasteiger partial charge on any atom is 0.334 e. The van der Waals surface area contributed by atoms with Gasteiger partial charge in [0, 0.05) is 23.2 Å². The SMILES string of the molecule is C=C1C(O)CCC2=NCCCC23CCC(C2C=C(C)C(=O)O2)=C(C)C3CC(O)C2CCC(O2)C2CCC1O2. The quantitative estimate of drug-likeness (QED) is 0.390. The molecule has 0 amide bonds. The molecule has 1 aliphatic carbocycles. The van der Waals surface area contributed by atoms with Crippen LogP contribution < -0.4 is 0 Å². The van der Waals surface area contributed by atoms with Gasteiger partial charge in [-0.05, 0) is 108 Å². The van der Waals surface area contributed by atoms with Gasteiger partial charge in [0.2, 0.25) is 0 Å². The van der Waals surface area contributed by atoms with Crippen molar-refractivity contribution in [1.29, 1.82) is 0 Å². The summed E-state index contributed by atoms with van der Waals surface area (Å²) in [5.74, 6) is -0.164. The van der Waals surface area contributed by atoms with Gasteiger partial charge in [0.05, 0.1) is 36.6 Å². The lowest BCUT2D eigenvalue weighted by Crippen LogP contribution is -2.47. The summed E-state index contributed by atoms with van der Waals surface area (Å²) in [7, 11) is 0.